The van der Waals surface area contributed by atoms with Crippen molar-refractivity contribution in [1.82, 2.24) is 0 Å². The van der Waals surface area contributed by atoms with Gasteiger partial charge in [0, 0.05) is 84.6 Å². The van der Waals surface area contributed by atoms with Crippen molar-refractivity contribution in [3.05, 3.63) is 142 Å². The fourth-order valence-corrected chi connectivity index (χ4v) is 8.42. The molecule has 0 fully saturated rings. The number of nitrogens with zero attached hydrogens (tertiary/aromatic N) is 9. The van der Waals surface area contributed by atoms with E-state index in [2.05, 4.69) is 56.1 Å². The molecule has 0 spiro atoms. The van der Waals surface area contributed by atoms with Crippen LogP contribution in [0, 0.1) is 0 Å². The van der Waals surface area contributed by atoms with Crippen molar-refractivity contribution in [2.75, 3.05) is 79.2 Å². The first-order valence-corrected chi connectivity index (χ1v) is 44.0. The second-order valence-corrected chi connectivity index (χ2v) is 29.0. The van der Waals surface area contributed by atoms with Crippen LogP contribution in [-0.4, -0.2) is 210 Å². The van der Waals surface area contributed by atoms with Crippen molar-refractivity contribution in [2.24, 2.45) is 63.9 Å². The van der Waals surface area contributed by atoms with Crippen LogP contribution in [0.4, 0.5) is 0 Å². The number of rotatable bonds is 65. The Bertz CT molecular complexity index is 3870. The molecule has 0 bridgehead atoms. The lowest BCUT2D eigenvalue weighted by Crippen LogP contribution is -2.05. The van der Waals surface area contributed by atoms with Gasteiger partial charge >= 0.3 is 0 Å². The second kappa shape index (κ2) is 96.7. The summed E-state index contributed by atoms with van der Waals surface area (Å²) in [5.74, 6) is 7.89. The summed E-state index contributed by atoms with van der Waals surface area (Å²) in [5, 5.41) is 34.4. The van der Waals surface area contributed by atoms with Crippen molar-refractivity contribution in [3.63, 3.8) is 0 Å². The zero-order valence-corrected chi connectivity index (χ0v) is 79.9. The number of carbonyl (C=O) groups is 13. The zero-order chi connectivity index (χ0) is 99.3. The molecule has 6 N–H and O–H groups in total. The molecule has 0 unspecified atom stereocenters. The number of ketones is 9. The first-order chi connectivity index (χ1) is 63.4. The number of benzene rings is 4. The van der Waals surface area contributed by atoms with Crippen LogP contribution in [0.25, 0.3) is 0 Å². The van der Waals surface area contributed by atoms with Gasteiger partial charge in [0.15, 0.2) is 52.0 Å². The maximum atomic E-state index is 11.0. The molecule has 0 aliphatic rings. The summed E-state index contributed by atoms with van der Waals surface area (Å²) in [6.07, 6.45) is 33.6. The molecule has 4 aromatic carbocycles. The lowest BCUT2D eigenvalue weighted by atomic mass is 10.2. The Labute approximate surface area is 793 Å². The molecule has 0 saturated heterocycles. The van der Waals surface area contributed by atoms with Crippen LogP contribution >= 0.6 is 0 Å². The zero-order valence-electron chi connectivity index (χ0n) is 79.9. The van der Waals surface area contributed by atoms with Gasteiger partial charge in [-0.15, -0.1) is 0 Å². The van der Waals surface area contributed by atoms with Gasteiger partial charge in [-0.25, -0.2) is 11.8 Å². The highest BCUT2D eigenvalue weighted by atomic mass is 16.7. The third kappa shape index (κ3) is 91.5. The minimum Gasteiger partial charge on any atom is -0.396 e. The summed E-state index contributed by atoms with van der Waals surface area (Å²) in [7, 11) is 0. The minimum absolute atomic E-state index is 0. The van der Waals surface area contributed by atoms with Gasteiger partial charge in [-0.3, -0.25) is 62.3 Å². The van der Waals surface area contributed by atoms with E-state index in [-0.39, 0.29) is 66.9 Å². The van der Waals surface area contributed by atoms with Gasteiger partial charge in [-0.05, 0) is 198 Å². The molecule has 0 atom stereocenters. The summed E-state index contributed by atoms with van der Waals surface area (Å²) < 4.78 is 0. The molecule has 36 heteroatoms. The quantitative estimate of drug-likeness (QED) is 0.0121. The highest BCUT2D eigenvalue weighted by molar-refractivity contribution is 6.39. The minimum atomic E-state index is -0.380. The number of Topliss-reactive ketones (excluding diaryl/α,β-unsaturated/α-hetero) is 9. The Kier molecular flexibility index (Phi) is 95.5. The van der Waals surface area contributed by atoms with Gasteiger partial charge in [-0.2, -0.15) is 0 Å². The van der Waals surface area contributed by atoms with Crippen LogP contribution in [0.2, 0.25) is 0 Å². The van der Waals surface area contributed by atoms with E-state index in [4.69, 9.17) is 61.1 Å². The molecular weight excluding hydrogens is 1730 g/mol. The molecule has 134 heavy (non-hydrogen) atoms. The van der Waals surface area contributed by atoms with Gasteiger partial charge in [0.2, 0.25) is 0 Å². The Morgan fingerprint density at radius 3 is 0.493 bits per heavy atom. The SMILES string of the molecule is C.C.CC(=O)/C(C)=N/OCCCCCCO/N=C/c1ccc(/C=N\OCCCCCCN)cc1.CC(=O)/C(C)=N/OCCCCCCO/N=C/c1ccc(C=O)cc1.CC(=O)/C(C)=N/OCCCCCCO/N=C/c1ccc(C=O)cc1.CC(=O)/C(C)=N/OCCCCCCON.CC(=O)/C(C)=N/OCCCCCCON.CC(=O)C(C)=O.CC(=O)C(C)=O.O=Cc1ccc(C=O)cc1. The summed E-state index contributed by atoms with van der Waals surface area (Å²) >= 11 is 0. The van der Waals surface area contributed by atoms with Gasteiger partial charge < -0.3 is 58.9 Å². The Balaban J connectivity index is -0.000000366. The molecular formula is C98H152N12O24. The van der Waals surface area contributed by atoms with Gasteiger partial charge in [-0.1, -0.05) is 178 Å². The van der Waals surface area contributed by atoms with Gasteiger partial charge in [0.05, 0.1) is 38.1 Å². The number of unbranched alkanes of at least 4 members (excludes halogenated alkanes) is 18. The number of hydrogen-bond acceptors (Lipinski definition) is 36. The molecule has 0 amide bonds. The first-order valence-electron chi connectivity index (χ1n) is 44.0. The molecule has 0 radical (unpaired) electrons. The molecule has 4 aromatic rings. The molecule has 0 saturated carbocycles. The van der Waals surface area contributed by atoms with Crippen LogP contribution in [0.1, 0.15) is 330 Å². The predicted octanol–water partition coefficient (Wildman–Crippen LogP) is 17.0. The van der Waals surface area contributed by atoms with E-state index >= 15 is 0 Å². The summed E-state index contributed by atoms with van der Waals surface area (Å²) in [5.41, 5.74) is 13.6. The van der Waals surface area contributed by atoms with Crippen molar-refractivity contribution >= 4 is 131 Å². The third-order valence-corrected chi connectivity index (χ3v) is 17.3. The molecule has 748 valence electrons. The molecule has 4 rings (SSSR count). The predicted molar refractivity (Wildman–Crippen MR) is 527 cm³/mol. The lowest BCUT2D eigenvalue weighted by molar-refractivity contribution is -0.134. The van der Waals surface area contributed by atoms with Crippen molar-refractivity contribution in [2.45, 2.75) is 266 Å². The highest BCUT2D eigenvalue weighted by Crippen LogP contribution is 2.10. The largest absolute Gasteiger partial charge is 0.396 e. The average Bonchev–Trinajstić information content (AvgIpc) is 0.912. The van der Waals surface area contributed by atoms with Crippen LogP contribution < -0.4 is 17.5 Å². The maximum absolute atomic E-state index is 11.0. The van der Waals surface area contributed by atoms with E-state index in [1.54, 1.807) is 108 Å². The lowest BCUT2D eigenvalue weighted by Gasteiger charge is -2.02. The van der Waals surface area contributed by atoms with E-state index in [0.29, 0.717) is 123 Å². The summed E-state index contributed by atoms with van der Waals surface area (Å²) in [6.45, 7) is 27.5. The number of aldehydes is 4. The molecule has 0 aliphatic heterocycles. The molecule has 0 aliphatic carbocycles. The highest BCUT2D eigenvalue weighted by Gasteiger charge is 2.06. The van der Waals surface area contributed by atoms with Crippen molar-refractivity contribution in [3.8, 4) is 0 Å². The Hall–Kier alpha value is -12.4. The van der Waals surface area contributed by atoms with Crippen molar-refractivity contribution in [1.29, 1.82) is 0 Å². The van der Waals surface area contributed by atoms with E-state index in [1.165, 1.54) is 62.3 Å². The monoisotopic (exact) mass is 1880 g/mol. The fourth-order valence-electron chi connectivity index (χ4n) is 8.42. The van der Waals surface area contributed by atoms with Gasteiger partial charge in [0.1, 0.15) is 113 Å². The van der Waals surface area contributed by atoms with Crippen molar-refractivity contribution < 1.29 is 116 Å². The molecule has 0 heterocycles. The fraction of sp³-hybridized carbons (Fsp3) is 0.531. The summed E-state index contributed by atoms with van der Waals surface area (Å²) in [4.78, 5) is 190. The standard InChI is InChI=1S/C24H38N4O4.2C18H24N2O4.2C10H20N2O3.C8H6O2.2C4H6O2.2CH4/c1-21(22(2)29)28-32-18-10-6-5-9-17-31-27-20-24-13-11-23(12-14-24)19-26-30-16-8-4-3-7-15-25;2*1-15(16(2)22)20-24-12-6-4-3-5-11-23-19-13-17-7-9-18(14-21)10-8-17;2*1-9(10(2)13)12-15-8-6-4-3-5-7-14-11;9-5-7-1-2-8(6-10)4-3-7;2*1-3(5)4(2)6;;/h11-14,19-20H,3-10,15-18,25H2,1-2H3;2*7-10,13-14H,3-6,11-12H2,1-2H3;2*3-8,11H2,1-2H3;1-6H;2*1-2H3;2*1H4/b26-19-,27-20+,28-21+;2*19-13+,20-15+;2*12-9+;;;;;. The number of carbonyl (C=O) groups excluding carboxylic acids is 13. The summed E-state index contributed by atoms with van der Waals surface area (Å²) in [6, 6.07) is 28.4. The Morgan fingerprint density at radius 1 is 0.216 bits per heavy atom. The maximum Gasteiger partial charge on any atom is 0.195 e. The van der Waals surface area contributed by atoms with Gasteiger partial charge in [0.25, 0.3) is 0 Å². The normalized spacial score (nSPS) is 10.9. The topological polar surface area (TPSA) is 513 Å². The van der Waals surface area contributed by atoms with E-state index < -0.39 is 0 Å². The number of oxime groups is 9. The van der Waals surface area contributed by atoms with Crippen LogP contribution in [0.3, 0.4) is 0 Å². The van der Waals surface area contributed by atoms with E-state index in [9.17, 15) is 62.3 Å². The van der Waals surface area contributed by atoms with E-state index in [0.717, 1.165) is 208 Å². The van der Waals surface area contributed by atoms with Crippen LogP contribution in [-0.2, 0) is 96.4 Å². The Morgan fingerprint density at radius 2 is 0.358 bits per heavy atom. The second-order valence-electron chi connectivity index (χ2n) is 29.0. The first kappa shape index (κ1) is 132. The average molecular weight is 1880 g/mol. The number of nitrogens with two attached hydrogens (primary N) is 3. The van der Waals surface area contributed by atoms with E-state index in [1.807, 2.05) is 48.5 Å². The smallest absolute Gasteiger partial charge is 0.195 e. The third-order valence-electron chi connectivity index (χ3n) is 17.3. The molecule has 36 nitrogen and oxygen atoms in total. The van der Waals surface area contributed by atoms with Crippen LogP contribution in [0.5, 0.6) is 0 Å². The van der Waals surface area contributed by atoms with Crippen LogP contribution in [0.15, 0.2) is 143 Å². The molecule has 0 aromatic heterocycles. The number of hydrogen-bond donors (Lipinski definition) is 3.